The van der Waals surface area contributed by atoms with E-state index < -0.39 is 0 Å². The van der Waals surface area contributed by atoms with E-state index in [0.29, 0.717) is 22.8 Å². The third kappa shape index (κ3) is 1.71. The van der Waals surface area contributed by atoms with E-state index in [4.69, 9.17) is 0 Å². The van der Waals surface area contributed by atoms with E-state index in [1.807, 2.05) is 0 Å². The molecule has 0 fully saturated rings. The van der Waals surface area contributed by atoms with Crippen LogP contribution >= 0.6 is 0 Å². The van der Waals surface area contributed by atoms with E-state index in [9.17, 15) is 9.59 Å². The highest BCUT2D eigenvalue weighted by molar-refractivity contribution is 6.34. The minimum absolute atomic E-state index is 0.330. The van der Waals surface area contributed by atoms with Gasteiger partial charge in [-0.25, -0.2) is 14.9 Å². The molecule has 0 bridgehead atoms. The van der Waals surface area contributed by atoms with E-state index in [1.165, 1.54) is 0 Å². The summed E-state index contributed by atoms with van der Waals surface area (Å²) in [6, 6.07) is 8.41. The molecule has 0 radical (unpaired) electrons. The van der Waals surface area contributed by atoms with Gasteiger partial charge in [-0.3, -0.25) is 9.59 Å². The number of imide groups is 1. The number of benzene rings is 1. The first-order valence-electron chi connectivity index (χ1n) is 5.88. The molecule has 1 aliphatic heterocycles. The third-order valence-electron chi connectivity index (χ3n) is 2.98. The van der Waals surface area contributed by atoms with E-state index in [1.54, 1.807) is 44.2 Å². The van der Waals surface area contributed by atoms with Crippen LogP contribution in [0.1, 0.15) is 32.2 Å². The van der Waals surface area contributed by atoms with E-state index >= 15 is 0 Å². The van der Waals surface area contributed by atoms with Crippen LogP contribution in [0.4, 0.5) is 5.82 Å². The van der Waals surface area contributed by atoms with Crippen LogP contribution in [-0.2, 0) is 0 Å². The maximum absolute atomic E-state index is 12.3. The zero-order valence-electron chi connectivity index (χ0n) is 10.5. The normalized spacial score (nSPS) is 13.9. The summed E-state index contributed by atoms with van der Waals surface area (Å²) in [5.74, 6) is 0.193. The van der Waals surface area contributed by atoms with Gasteiger partial charge in [0.05, 0.1) is 11.1 Å². The summed E-state index contributed by atoms with van der Waals surface area (Å²) in [4.78, 5) is 34.0. The van der Waals surface area contributed by atoms with Crippen molar-refractivity contribution in [1.82, 2.24) is 9.97 Å². The van der Waals surface area contributed by atoms with Gasteiger partial charge >= 0.3 is 0 Å². The molecule has 1 aliphatic rings. The van der Waals surface area contributed by atoms with Gasteiger partial charge in [0.1, 0.15) is 11.6 Å². The molecule has 94 valence electrons. The van der Waals surface area contributed by atoms with Crippen LogP contribution in [0, 0.1) is 13.8 Å². The van der Waals surface area contributed by atoms with Crippen LogP contribution in [0.3, 0.4) is 0 Å². The first-order chi connectivity index (χ1) is 9.08. The van der Waals surface area contributed by atoms with Crippen LogP contribution in [0.2, 0.25) is 0 Å². The summed E-state index contributed by atoms with van der Waals surface area (Å²) < 4.78 is 0. The third-order valence-corrected chi connectivity index (χ3v) is 2.98. The Balaban J connectivity index is 2.14. The highest BCUT2D eigenvalue weighted by Gasteiger charge is 2.37. The molecule has 5 nitrogen and oxygen atoms in total. The first-order valence-corrected chi connectivity index (χ1v) is 5.88. The lowest BCUT2D eigenvalue weighted by molar-refractivity contribution is 0.0925. The number of aryl methyl sites for hydroxylation is 2. The van der Waals surface area contributed by atoms with Crippen molar-refractivity contribution in [2.24, 2.45) is 0 Å². The Morgan fingerprint density at radius 2 is 1.53 bits per heavy atom. The Bertz CT molecular complexity index is 654. The molecule has 0 unspecified atom stereocenters. The van der Waals surface area contributed by atoms with Gasteiger partial charge in [0.15, 0.2) is 0 Å². The molecule has 0 aliphatic carbocycles. The van der Waals surface area contributed by atoms with Crippen molar-refractivity contribution in [1.29, 1.82) is 0 Å². The quantitative estimate of drug-likeness (QED) is 0.728. The molecule has 0 spiro atoms. The highest BCUT2D eigenvalue weighted by atomic mass is 16.2. The molecule has 2 aromatic rings. The summed E-state index contributed by atoms with van der Waals surface area (Å²) in [6.45, 7) is 3.53. The number of hydrogen-bond acceptors (Lipinski definition) is 4. The summed E-state index contributed by atoms with van der Waals surface area (Å²) >= 11 is 0. The SMILES string of the molecule is Cc1cc(N2C(=O)c3ccccc3C2=O)nc(C)n1. The largest absolute Gasteiger partial charge is 0.268 e. The fraction of sp³-hybridized carbons (Fsp3) is 0.143. The highest BCUT2D eigenvalue weighted by Crippen LogP contribution is 2.27. The van der Waals surface area contributed by atoms with Crippen LogP contribution < -0.4 is 4.90 Å². The lowest BCUT2D eigenvalue weighted by Crippen LogP contribution is -2.30. The van der Waals surface area contributed by atoms with Crippen LogP contribution in [0.5, 0.6) is 0 Å². The molecule has 2 heterocycles. The molecular formula is C14H11N3O2. The Hall–Kier alpha value is -2.56. The van der Waals surface area contributed by atoms with Gasteiger partial charge in [0.2, 0.25) is 0 Å². The second kappa shape index (κ2) is 3.98. The molecule has 3 rings (SSSR count). The summed E-state index contributed by atoms with van der Waals surface area (Å²) in [5.41, 5.74) is 1.56. The van der Waals surface area contributed by atoms with E-state index in [2.05, 4.69) is 9.97 Å². The lowest BCUT2D eigenvalue weighted by Gasteiger charge is -2.13. The fourth-order valence-electron chi connectivity index (χ4n) is 2.21. The van der Waals surface area contributed by atoms with E-state index in [0.717, 1.165) is 10.6 Å². The number of nitrogens with zero attached hydrogens (tertiary/aromatic N) is 3. The number of hydrogen-bond donors (Lipinski definition) is 0. The number of rotatable bonds is 1. The van der Waals surface area contributed by atoms with Crippen LogP contribution in [-0.4, -0.2) is 21.8 Å². The number of fused-ring (bicyclic) bond motifs is 1. The molecule has 0 atom stereocenters. The zero-order chi connectivity index (χ0) is 13.6. The first kappa shape index (κ1) is 11.5. The summed E-state index contributed by atoms with van der Waals surface area (Å²) in [6.07, 6.45) is 0. The maximum Gasteiger partial charge on any atom is 0.267 e. The van der Waals surface area contributed by atoms with Gasteiger partial charge < -0.3 is 0 Å². The van der Waals surface area contributed by atoms with Crippen molar-refractivity contribution in [3.8, 4) is 0 Å². The van der Waals surface area contributed by atoms with Crippen molar-refractivity contribution in [2.75, 3.05) is 4.90 Å². The molecule has 1 aromatic carbocycles. The van der Waals surface area contributed by atoms with Crippen LogP contribution in [0.15, 0.2) is 30.3 Å². The van der Waals surface area contributed by atoms with Crippen molar-refractivity contribution >= 4 is 17.6 Å². The smallest absolute Gasteiger partial charge is 0.267 e. The average molecular weight is 253 g/mol. The Morgan fingerprint density at radius 1 is 0.947 bits per heavy atom. The Morgan fingerprint density at radius 3 is 2.05 bits per heavy atom. The van der Waals surface area contributed by atoms with Gasteiger partial charge in [-0.2, -0.15) is 0 Å². The number of anilines is 1. The van der Waals surface area contributed by atoms with Crippen molar-refractivity contribution in [3.63, 3.8) is 0 Å². The minimum atomic E-state index is -0.335. The molecule has 19 heavy (non-hydrogen) atoms. The fourth-order valence-corrected chi connectivity index (χ4v) is 2.21. The number of carbonyl (C=O) groups is 2. The molecule has 0 saturated heterocycles. The van der Waals surface area contributed by atoms with Crippen molar-refractivity contribution in [2.45, 2.75) is 13.8 Å². The molecule has 0 saturated carbocycles. The van der Waals surface area contributed by atoms with Gasteiger partial charge in [-0.05, 0) is 26.0 Å². The Kier molecular flexibility index (Phi) is 2.41. The molecule has 1 aromatic heterocycles. The molecule has 5 heteroatoms. The van der Waals surface area contributed by atoms with Gasteiger partial charge in [0, 0.05) is 11.8 Å². The zero-order valence-corrected chi connectivity index (χ0v) is 10.5. The maximum atomic E-state index is 12.3. The second-order valence-corrected chi connectivity index (χ2v) is 4.41. The lowest BCUT2D eigenvalue weighted by atomic mass is 10.1. The van der Waals surface area contributed by atoms with Crippen molar-refractivity contribution in [3.05, 3.63) is 53.0 Å². The monoisotopic (exact) mass is 253 g/mol. The van der Waals surface area contributed by atoms with Crippen molar-refractivity contribution < 1.29 is 9.59 Å². The molecular weight excluding hydrogens is 242 g/mol. The van der Waals surface area contributed by atoms with Gasteiger partial charge in [0.25, 0.3) is 11.8 Å². The minimum Gasteiger partial charge on any atom is -0.268 e. The van der Waals surface area contributed by atoms with E-state index in [-0.39, 0.29) is 11.8 Å². The van der Waals surface area contributed by atoms with Gasteiger partial charge in [-0.15, -0.1) is 0 Å². The predicted molar refractivity (Wildman–Crippen MR) is 69.1 cm³/mol. The number of aromatic nitrogens is 2. The topological polar surface area (TPSA) is 63.2 Å². The average Bonchev–Trinajstić information content (AvgIpc) is 2.61. The van der Waals surface area contributed by atoms with Gasteiger partial charge in [-0.1, -0.05) is 12.1 Å². The summed E-state index contributed by atoms with van der Waals surface area (Å²) in [5, 5.41) is 0. The predicted octanol–water partition coefficient (Wildman–Crippen LogP) is 1.89. The standard InChI is InChI=1S/C14H11N3O2/c1-8-7-12(16-9(2)15-8)17-13(18)10-5-3-4-6-11(10)14(17)19/h3-7H,1-2H3. The van der Waals surface area contributed by atoms with Crippen LogP contribution in [0.25, 0.3) is 0 Å². The number of carbonyl (C=O) groups excluding carboxylic acids is 2. The summed E-state index contributed by atoms with van der Waals surface area (Å²) in [7, 11) is 0. The molecule has 2 amide bonds. The number of amides is 2. The second-order valence-electron chi connectivity index (χ2n) is 4.41. The molecule has 0 N–H and O–H groups in total. The Labute approximate surface area is 109 Å².